The molecule has 2 atom stereocenters. The SMILES string of the molecule is CCCCC[C@H]1CCN(C(=O)OC(C)(C)C)[C@@H]1C(=O)O. The van der Waals surface area contributed by atoms with Gasteiger partial charge in [0, 0.05) is 6.54 Å². The van der Waals surface area contributed by atoms with Crippen LogP contribution in [0.5, 0.6) is 0 Å². The minimum Gasteiger partial charge on any atom is -0.480 e. The topological polar surface area (TPSA) is 66.8 Å². The number of rotatable bonds is 5. The van der Waals surface area contributed by atoms with Gasteiger partial charge in [-0.15, -0.1) is 0 Å². The lowest BCUT2D eigenvalue weighted by atomic mass is 9.94. The van der Waals surface area contributed by atoms with Crippen LogP contribution in [0.25, 0.3) is 0 Å². The molecule has 1 amide bonds. The summed E-state index contributed by atoms with van der Waals surface area (Å²) in [5.41, 5.74) is -0.597. The lowest BCUT2D eigenvalue weighted by Crippen LogP contribution is -2.45. The summed E-state index contributed by atoms with van der Waals surface area (Å²) in [5, 5.41) is 9.41. The van der Waals surface area contributed by atoms with Crippen LogP contribution < -0.4 is 0 Å². The molecule has 1 saturated heterocycles. The van der Waals surface area contributed by atoms with Crippen LogP contribution in [-0.4, -0.2) is 40.3 Å². The summed E-state index contributed by atoms with van der Waals surface area (Å²) in [6.45, 7) is 7.96. The van der Waals surface area contributed by atoms with E-state index in [1.165, 1.54) is 4.90 Å². The van der Waals surface area contributed by atoms with E-state index in [9.17, 15) is 14.7 Å². The zero-order valence-electron chi connectivity index (χ0n) is 13.0. The first-order chi connectivity index (χ1) is 9.26. The summed E-state index contributed by atoms with van der Waals surface area (Å²) in [7, 11) is 0. The highest BCUT2D eigenvalue weighted by molar-refractivity contribution is 5.81. The molecule has 0 saturated carbocycles. The molecule has 0 aromatic heterocycles. The maximum atomic E-state index is 12.1. The Hall–Kier alpha value is -1.26. The van der Waals surface area contributed by atoms with Crippen molar-refractivity contribution in [2.45, 2.75) is 71.4 Å². The molecular formula is C15H27NO4. The van der Waals surface area contributed by atoms with Crippen LogP contribution in [0.4, 0.5) is 4.79 Å². The minimum atomic E-state index is -0.921. The van der Waals surface area contributed by atoms with Gasteiger partial charge >= 0.3 is 12.1 Å². The van der Waals surface area contributed by atoms with Gasteiger partial charge in [-0.05, 0) is 39.5 Å². The predicted octanol–water partition coefficient (Wildman–Crippen LogP) is 3.28. The number of carboxylic acid groups (broad SMARTS) is 1. The lowest BCUT2D eigenvalue weighted by Gasteiger charge is -2.28. The van der Waals surface area contributed by atoms with E-state index in [-0.39, 0.29) is 5.92 Å². The fraction of sp³-hybridized carbons (Fsp3) is 0.867. The van der Waals surface area contributed by atoms with Crippen LogP contribution in [0.2, 0.25) is 0 Å². The van der Waals surface area contributed by atoms with Crippen molar-refractivity contribution in [3.05, 3.63) is 0 Å². The zero-order valence-corrected chi connectivity index (χ0v) is 13.0. The molecule has 1 aliphatic rings. The van der Waals surface area contributed by atoms with E-state index in [0.29, 0.717) is 6.54 Å². The third kappa shape index (κ3) is 4.69. The fourth-order valence-electron chi connectivity index (χ4n) is 2.68. The Labute approximate surface area is 121 Å². The first-order valence-corrected chi connectivity index (χ1v) is 7.48. The zero-order chi connectivity index (χ0) is 15.3. The highest BCUT2D eigenvalue weighted by atomic mass is 16.6. The van der Waals surface area contributed by atoms with Crippen molar-refractivity contribution in [1.82, 2.24) is 4.90 Å². The molecule has 0 bridgehead atoms. The Bertz CT molecular complexity index is 348. The maximum Gasteiger partial charge on any atom is 0.411 e. The second-order valence-corrected chi connectivity index (χ2v) is 6.50. The summed E-state index contributed by atoms with van der Waals surface area (Å²) < 4.78 is 5.30. The fourth-order valence-corrected chi connectivity index (χ4v) is 2.68. The van der Waals surface area contributed by atoms with Gasteiger partial charge in [-0.3, -0.25) is 4.90 Å². The Balaban J connectivity index is 2.68. The number of carbonyl (C=O) groups is 2. The third-order valence-corrected chi connectivity index (χ3v) is 3.58. The van der Waals surface area contributed by atoms with E-state index >= 15 is 0 Å². The lowest BCUT2D eigenvalue weighted by molar-refractivity contribution is -0.143. The van der Waals surface area contributed by atoms with Gasteiger partial charge < -0.3 is 9.84 Å². The Kier molecular flexibility index (Phi) is 5.84. The molecule has 1 fully saturated rings. The summed E-state index contributed by atoms with van der Waals surface area (Å²) in [5.74, 6) is -0.874. The molecule has 5 nitrogen and oxygen atoms in total. The number of unbranched alkanes of at least 4 members (excludes halogenated alkanes) is 2. The normalized spacial score (nSPS) is 22.9. The van der Waals surface area contributed by atoms with Crippen LogP contribution in [0.3, 0.4) is 0 Å². The van der Waals surface area contributed by atoms with Gasteiger partial charge in [-0.25, -0.2) is 9.59 Å². The first-order valence-electron chi connectivity index (χ1n) is 7.48. The van der Waals surface area contributed by atoms with Crippen LogP contribution >= 0.6 is 0 Å². The van der Waals surface area contributed by atoms with Crippen molar-refractivity contribution in [3.8, 4) is 0 Å². The summed E-state index contributed by atoms with van der Waals surface area (Å²) >= 11 is 0. The number of hydrogen-bond acceptors (Lipinski definition) is 3. The molecule has 1 heterocycles. The largest absolute Gasteiger partial charge is 0.480 e. The quantitative estimate of drug-likeness (QED) is 0.787. The average molecular weight is 285 g/mol. The Morgan fingerprint density at radius 3 is 2.45 bits per heavy atom. The first kappa shape index (κ1) is 16.8. The minimum absolute atomic E-state index is 0.0477. The monoisotopic (exact) mass is 285 g/mol. The molecule has 0 aromatic carbocycles. The van der Waals surface area contributed by atoms with Crippen LogP contribution in [0.15, 0.2) is 0 Å². The van der Waals surface area contributed by atoms with Crippen LogP contribution in [0, 0.1) is 5.92 Å². The van der Waals surface area contributed by atoms with Gasteiger partial charge in [0.15, 0.2) is 0 Å². The Morgan fingerprint density at radius 2 is 1.95 bits per heavy atom. The summed E-state index contributed by atoms with van der Waals surface area (Å²) in [6.07, 6.45) is 4.34. The third-order valence-electron chi connectivity index (χ3n) is 3.58. The van der Waals surface area contributed by atoms with Gasteiger partial charge in [-0.1, -0.05) is 26.2 Å². The van der Waals surface area contributed by atoms with E-state index in [2.05, 4.69) is 6.92 Å². The average Bonchev–Trinajstić information content (AvgIpc) is 2.71. The number of amides is 1. The van der Waals surface area contributed by atoms with Gasteiger partial charge in [0.25, 0.3) is 0 Å². The van der Waals surface area contributed by atoms with Crippen molar-refractivity contribution < 1.29 is 19.4 Å². The standard InChI is InChI=1S/C15H27NO4/c1-5-6-7-8-11-9-10-16(12(11)13(17)18)14(19)20-15(2,3)4/h11-12H,5-10H2,1-4H3,(H,17,18)/t11-,12-/m0/s1. The van der Waals surface area contributed by atoms with Crippen molar-refractivity contribution in [2.75, 3.05) is 6.54 Å². The maximum absolute atomic E-state index is 12.1. The predicted molar refractivity (Wildman–Crippen MR) is 76.6 cm³/mol. The molecule has 0 aromatic rings. The number of carboxylic acids is 1. The molecule has 5 heteroatoms. The van der Waals surface area contributed by atoms with E-state index in [1.54, 1.807) is 20.8 Å². The molecule has 116 valence electrons. The number of carbonyl (C=O) groups excluding carboxylic acids is 1. The molecule has 1 N–H and O–H groups in total. The van der Waals surface area contributed by atoms with Gasteiger partial charge in [-0.2, -0.15) is 0 Å². The highest BCUT2D eigenvalue weighted by Crippen LogP contribution is 2.30. The van der Waals surface area contributed by atoms with Crippen LogP contribution in [0.1, 0.15) is 59.8 Å². The summed E-state index contributed by atoms with van der Waals surface area (Å²) in [6, 6.07) is -0.735. The molecule has 0 aliphatic carbocycles. The second kappa shape index (κ2) is 6.95. The van der Waals surface area contributed by atoms with E-state index in [0.717, 1.165) is 32.1 Å². The van der Waals surface area contributed by atoms with E-state index in [4.69, 9.17) is 4.74 Å². The number of likely N-dealkylation sites (tertiary alicyclic amines) is 1. The Morgan fingerprint density at radius 1 is 1.30 bits per heavy atom. The smallest absolute Gasteiger partial charge is 0.411 e. The highest BCUT2D eigenvalue weighted by Gasteiger charge is 2.43. The molecule has 0 spiro atoms. The summed E-state index contributed by atoms with van der Waals surface area (Å²) in [4.78, 5) is 24.9. The van der Waals surface area contributed by atoms with Crippen molar-refractivity contribution in [1.29, 1.82) is 0 Å². The van der Waals surface area contributed by atoms with E-state index in [1.807, 2.05) is 0 Å². The molecular weight excluding hydrogens is 258 g/mol. The molecule has 0 unspecified atom stereocenters. The van der Waals surface area contributed by atoms with Crippen molar-refractivity contribution in [2.24, 2.45) is 5.92 Å². The van der Waals surface area contributed by atoms with E-state index < -0.39 is 23.7 Å². The van der Waals surface area contributed by atoms with Crippen molar-refractivity contribution >= 4 is 12.1 Å². The van der Waals surface area contributed by atoms with Crippen molar-refractivity contribution in [3.63, 3.8) is 0 Å². The number of nitrogens with zero attached hydrogens (tertiary/aromatic N) is 1. The van der Waals surface area contributed by atoms with Crippen LogP contribution in [-0.2, 0) is 9.53 Å². The van der Waals surface area contributed by atoms with Gasteiger partial charge in [0.05, 0.1) is 0 Å². The molecule has 1 rings (SSSR count). The van der Waals surface area contributed by atoms with Gasteiger partial charge in [0.2, 0.25) is 0 Å². The molecule has 1 aliphatic heterocycles. The molecule has 20 heavy (non-hydrogen) atoms. The number of aliphatic carboxylic acids is 1. The van der Waals surface area contributed by atoms with Gasteiger partial charge in [0.1, 0.15) is 11.6 Å². The second-order valence-electron chi connectivity index (χ2n) is 6.50. The number of hydrogen-bond donors (Lipinski definition) is 1. The molecule has 0 radical (unpaired) electrons. The number of ether oxygens (including phenoxy) is 1.